The lowest BCUT2D eigenvalue weighted by Gasteiger charge is -2.31. The minimum Gasteiger partial charge on any atom is -0.495 e. The first-order chi connectivity index (χ1) is 20.2. The minimum atomic E-state index is -2.63. The van der Waals surface area contributed by atoms with Crippen molar-refractivity contribution in [2.45, 2.75) is 76.1 Å². The van der Waals surface area contributed by atoms with E-state index in [4.69, 9.17) is 10.5 Å². The Morgan fingerprint density at radius 3 is 2.62 bits per heavy atom. The third kappa shape index (κ3) is 9.83. The number of piperidine rings is 1. The van der Waals surface area contributed by atoms with Crippen molar-refractivity contribution in [1.82, 2.24) is 20.4 Å². The van der Waals surface area contributed by atoms with E-state index in [0.717, 1.165) is 25.9 Å². The average molecular weight is 602 g/mol. The molecule has 1 saturated heterocycles. The number of rotatable bonds is 8. The van der Waals surface area contributed by atoms with Gasteiger partial charge < -0.3 is 26.0 Å². The van der Waals surface area contributed by atoms with E-state index in [1.54, 1.807) is 6.08 Å². The van der Waals surface area contributed by atoms with Crippen molar-refractivity contribution in [3.63, 3.8) is 0 Å². The summed E-state index contributed by atoms with van der Waals surface area (Å²) in [5.41, 5.74) is 8.26. The second-order valence-electron chi connectivity index (χ2n) is 10.5. The highest BCUT2D eigenvalue weighted by molar-refractivity contribution is 8.00. The highest BCUT2D eigenvalue weighted by Crippen LogP contribution is 2.33. The van der Waals surface area contributed by atoms with Crippen molar-refractivity contribution in [2.24, 2.45) is 11.7 Å². The topological polar surface area (TPSA) is 82.9 Å². The maximum Gasteiger partial charge on any atom is 0.261 e. The summed E-state index contributed by atoms with van der Waals surface area (Å²) in [5.74, 6) is 13.3. The van der Waals surface area contributed by atoms with Crippen LogP contribution in [0.4, 0.5) is 8.78 Å². The number of likely N-dealkylation sites (tertiary alicyclic amines) is 1. The molecule has 0 radical (unpaired) electrons. The predicted octanol–water partition coefficient (Wildman–Crippen LogP) is 4.17. The third-order valence-electron chi connectivity index (χ3n) is 7.15. The Bertz CT molecular complexity index is 1200. The number of likely N-dealkylation sites (N-methyl/N-ethyl adjacent to an activating group) is 1. The van der Waals surface area contributed by atoms with Gasteiger partial charge in [0.2, 0.25) is 0 Å². The molecule has 7 nitrogen and oxygen atoms in total. The summed E-state index contributed by atoms with van der Waals surface area (Å²) in [5, 5.41) is 4.96. The van der Waals surface area contributed by atoms with E-state index in [9.17, 15) is 13.6 Å². The van der Waals surface area contributed by atoms with Crippen molar-refractivity contribution in [1.29, 1.82) is 0 Å². The van der Waals surface area contributed by atoms with Crippen LogP contribution in [0.2, 0.25) is 0 Å². The molecule has 3 heterocycles. The number of amides is 1. The van der Waals surface area contributed by atoms with E-state index in [0.29, 0.717) is 40.6 Å². The van der Waals surface area contributed by atoms with E-state index < -0.39 is 17.8 Å². The smallest absolute Gasteiger partial charge is 0.261 e. The maximum atomic E-state index is 13.7. The highest BCUT2D eigenvalue weighted by Gasteiger charge is 2.31. The standard InChI is InChI=1S/C30H39F2N5O2S.C2H6/c1-20(40-28(33)12-11-21-9-10-21)35-30(38)25-19-36(2)22(8-7-15-37-13-5-4-6-14-37)16-23(25)24-17-26(29(31)32)34-18-27(24)39-3;1-2/h16-18,20-21,26,28-29,34H,4-6,9-10,13-15,19,33H2,1-3H3,(H,35,38);1-2H3. The number of methoxy groups -OCH3 is 1. The molecular weight excluding hydrogens is 556 g/mol. The maximum absolute atomic E-state index is 13.7. The Hall–Kier alpha value is -2.92. The number of halogens is 2. The van der Waals surface area contributed by atoms with Gasteiger partial charge in [0.1, 0.15) is 17.2 Å². The zero-order chi connectivity index (χ0) is 30.6. The normalized spacial score (nSPS) is 22.0. The third-order valence-corrected chi connectivity index (χ3v) is 8.08. The number of dihydropyridines is 1. The van der Waals surface area contributed by atoms with Gasteiger partial charge in [-0.2, -0.15) is 0 Å². The van der Waals surface area contributed by atoms with Gasteiger partial charge in [0.25, 0.3) is 12.3 Å². The predicted molar refractivity (Wildman–Crippen MR) is 167 cm³/mol. The lowest BCUT2D eigenvalue weighted by atomic mass is 9.91. The fourth-order valence-corrected chi connectivity index (χ4v) is 5.50. The lowest BCUT2D eigenvalue weighted by molar-refractivity contribution is -0.117. The Labute approximate surface area is 254 Å². The van der Waals surface area contributed by atoms with Gasteiger partial charge in [-0.15, -0.1) is 11.8 Å². The lowest BCUT2D eigenvalue weighted by Crippen LogP contribution is -2.39. The number of allylic oxidation sites excluding steroid dienone is 3. The molecule has 4 aliphatic rings. The van der Waals surface area contributed by atoms with Gasteiger partial charge in [-0.05, 0) is 69.3 Å². The number of thioether (sulfide) groups is 1. The highest BCUT2D eigenvalue weighted by atomic mass is 32.2. The molecule has 4 N–H and O–H groups in total. The van der Waals surface area contributed by atoms with E-state index in [-0.39, 0.29) is 17.8 Å². The Kier molecular flexibility index (Phi) is 13.3. The van der Waals surface area contributed by atoms with Crippen LogP contribution in [0.3, 0.4) is 0 Å². The molecule has 2 fully saturated rings. The van der Waals surface area contributed by atoms with Crippen LogP contribution in [-0.4, -0.2) is 79.3 Å². The van der Waals surface area contributed by atoms with Crippen LogP contribution in [0.1, 0.15) is 52.9 Å². The van der Waals surface area contributed by atoms with E-state index in [2.05, 4.69) is 39.2 Å². The largest absolute Gasteiger partial charge is 0.495 e. The number of nitrogens with zero attached hydrogens (tertiary/aromatic N) is 2. The van der Waals surface area contributed by atoms with Crippen LogP contribution in [0.5, 0.6) is 0 Å². The van der Waals surface area contributed by atoms with Crippen molar-refractivity contribution in [3.8, 4) is 23.7 Å². The number of ether oxygens (including phenoxy) is 1. The molecule has 1 saturated carbocycles. The van der Waals surface area contributed by atoms with Crippen molar-refractivity contribution in [2.75, 3.05) is 40.3 Å². The molecule has 230 valence electrons. The first-order valence-corrected chi connectivity index (χ1v) is 15.8. The van der Waals surface area contributed by atoms with Gasteiger partial charge in [-0.25, -0.2) is 8.78 Å². The summed E-state index contributed by atoms with van der Waals surface area (Å²) in [6.45, 7) is 8.87. The van der Waals surface area contributed by atoms with Gasteiger partial charge in [0.15, 0.2) is 0 Å². The van der Waals surface area contributed by atoms with Crippen molar-refractivity contribution < 1.29 is 18.3 Å². The number of nitrogens with two attached hydrogens (primary N) is 1. The Morgan fingerprint density at radius 1 is 1.26 bits per heavy atom. The number of carbonyl (C=O) groups excluding carboxylic acids is 1. The van der Waals surface area contributed by atoms with Gasteiger partial charge >= 0.3 is 0 Å². The minimum absolute atomic E-state index is 0.261. The second-order valence-corrected chi connectivity index (χ2v) is 12.0. The molecule has 42 heavy (non-hydrogen) atoms. The molecule has 0 bridgehead atoms. The molecule has 3 unspecified atom stereocenters. The fourth-order valence-electron chi connectivity index (χ4n) is 4.75. The van der Waals surface area contributed by atoms with Crippen LogP contribution in [0.15, 0.2) is 46.5 Å². The van der Waals surface area contributed by atoms with Gasteiger partial charge in [-0.1, -0.05) is 38.0 Å². The van der Waals surface area contributed by atoms with E-state index in [1.165, 1.54) is 50.4 Å². The van der Waals surface area contributed by atoms with Crippen molar-refractivity contribution >= 4 is 17.7 Å². The quantitative estimate of drug-likeness (QED) is 0.285. The number of hydrogen-bond donors (Lipinski definition) is 3. The molecule has 1 amide bonds. The fraction of sp³-hybridized carbons (Fsp3) is 0.594. The first kappa shape index (κ1) is 33.6. The molecule has 4 rings (SSSR count). The molecule has 0 spiro atoms. The summed E-state index contributed by atoms with van der Waals surface area (Å²) in [6, 6.07) is -1.20. The summed E-state index contributed by atoms with van der Waals surface area (Å²) >= 11 is 1.37. The van der Waals surface area contributed by atoms with Gasteiger partial charge in [-0.3, -0.25) is 9.69 Å². The number of hydrogen-bond acceptors (Lipinski definition) is 7. The van der Waals surface area contributed by atoms with Gasteiger partial charge in [0.05, 0.1) is 24.7 Å². The molecule has 0 aromatic rings. The van der Waals surface area contributed by atoms with E-state index >= 15 is 0 Å². The summed E-state index contributed by atoms with van der Waals surface area (Å²) in [4.78, 5) is 17.8. The second kappa shape index (κ2) is 16.6. The van der Waals surface area contributed by atoms with Crippen LogP contribution in [0.25, 0.3) is 0 Å². The molecule has 1 aliphatic carbocycles. The number of carbonyl (C=O) groups is 1. The van der Waals surface area contributed by atoms with Crippen LogP contribution in [-0.2, 0) is 9.53 Å². The van der Waals surface area contributed by atoms with E-state index in [1.807, 2.05) is 32.7 Å². The summed E-state index contributed by atoms with van der Waals surface area (Å²) in [6.07, 6.45) is 7.90. The molecule has 0 aromatic heterocycles. The molecule has 0 aromatic carbocycles. The SMILES string of the molecule is CC.COC1=CNC(C(F)F)C=C1C1=C(C(=O)NC(C)SC(N)C#CC2CC2)CN(C)C(C#CCN2CCCCC2)=C1. The summed E-state index contributed by atoms with van der Waals surface area (Å²) < 4.78 is 32.9. The Balaban J connectivity index is 0.00000237. The molecule has 10 heteroatoms. The Morgan fingerprint density at radius 2 is 1.98 bits per heavy atom. The van der Waals surface area contributed by atoms with Crippen LogP contribution < -0.4 is 16.4 Å². The summed E-state index contributed by atoms with van der Waals surface area (Å²) in [7, 11) is 3.35. The van der Waals surface area contributed by atoms with Gasteiger partial charge in [0, 0.05) is 36.9 Å². The number of alkyl halides is 2. The molecule has 3 atom stereocenters. The average Bonchev–Trinajstić information content (AvgIpc) is 3.82. The zero-order valence-corrected chi connectivity index (χ0v) is 26.3. The molecular formula is C32H45F2N5O2S. The van der Waals surface area contributed by atoms with Crippen LogP contribution in [0, 0.1) is 29.6 Å². The van der Waals surface area contributed by atoms with Crippen molar-refractivity contribution in [3.05, 3.63) is 46.5 Å². The monoisotopic (exact) mass is 601 g/mol. The van der Waals surface area contributed by atoms with Crippen LogP contribution >= 0.6 is 11.8 Å². The zero-order valence-electron chi connectivity index (χ0n) is 25.4. The molecule has 3 aliphatic heterocycles. The first-order valence-electron chi connectivity index (χ1n) is 14.9. The number of nitrogens with one attached hydrogen (secondary N) is 2.